The summed E-state index contributed by atoms with van der Waals surface area (Å²) in [6, 6.07) is 3.31. The fourth-order valence-corrected chi connectivity index (χ4v) is 2.26. The second-order valence-corrected chi connectivity index (χ2v) is 4.13. The normalized spacial score (nSPS) is 19.2. The van der Waals surface area contributed by atoms with Gasteiger partial charge in [-0.05, 0) is 42.6 Å². The Bertz CT molecular complexity index is 429. The summed E-state index contributed by atoms with van der Waals surface area (Å²) < 4.78 is 0. The van der Waals surface area contributed by atoms with Crippen LogP contribution in [-0.4, -0.2) is 22.7 Å². The molecular weight excluding hydrogens is 206 g/mol. The number of nitrogens with one attached hydrogen (secondary N) is 1. The molecule has 1 aliphatic heterocycles. The van der Waals surface area contributed by atoms with Crippen molar-refractivity contribution >= 4 is 5.97 Å². The van der Waals surface area contributed by atoms with Crippen LogP contribution in [0.3, 0.4) is 0 Å². The molecule has 0 saturated heterocycles. The van der Waals surface area contributed by atoms with Gasteiger partial charge >= 0.3 is 5.97 Å². The van der Waals surface area contributed by atoms with Crippen LogP contribution in [0.15, 0.2) is 12.1 Å². The second kappa shape index (κ2) is 4.14. The van der Waals surface area contributed by atoms with Crippen molar-refractivity contribution in [2.45, 2.75) is 25.8 Å². The van der Waals surface area contributed by atoms with E-state index in [9.17, 15) is 9.90 Å². The third-order valence-corrected chi connectivity index (χ3v) is 3.13. The first-order valence-corrected chi connectivity index (χ1v) is 5.36. The monoisotopic (exact) mass is 221 g/mol. The van der Waals surface area contributed by atoms with E-state index in [0.717, 1.165) is 29.7 Å². The lowest BCUT2D eigenvalue weighted by molar-refractivity contribution is -0.137. The third kappa shape index (κ3) is 1.88. The lowest BCUT2D eigenvalue weighted by Gasteiger charge is -2.27. The molecule has 2 rings (SSSR count). The molecule has 1 heterocycles. The molecule has 4 nitrogen and oxygen atoms in total. The van der Waals surface area contributed by atoms with Gasteiger partial charge in [-0.2, -0.15) is 0 Å². The lowest BCUT2D eigenvalue weighted by Crippen LogP contribution is -2.31. The molecule has 16 heavy (non-hydrogen) atoms. The molecule has 0 aromatic heterocycles. The SMILES string of the molecule is Cc1c(O)ccc2c1CCNC2CC(=O)O. The first-order valence-electron chi connectivity index (χ1n) is 5.36. The van der Waals surface area contributed by atoms with Crippen LogP contribution in [0.25, 0.3) is 0 Å². The van der Waals surface area contributed by atoms with Gasteiger partial charge in [0.15, 0.2) is 0 Å². The van der Waals surface area contributed by atoms with Gasteiger partial charge < -0.3 is 15.5 Å². The van der Waals surface area contributed by atoms with Crippen molar-refractivity contribution in [1.82, 2.24) is 5.32 Å². The lowest BCUT2D eigenvalue weighted by atomic mass is 9.89. The molecular formula is C12H15NO3. The van der Waals surface area contributed by atoms with Crippen molar-refractivity contribution < 1.29 is 15.0 Å². The van der Waals surface area contributed by atoms with Crippen molar-refractivity contribution in [1.29, 1.82) is 0 Å². The molecule has 1 atom stereocenters. The summed E-state index contributed by atoms with van der Waals surface area (Å²) in [5, 5.41) is 21.6. The number of hydrogen-bond acceptors (Lipinski definition) is 3. The number of fused-ring (bicyclic) bond motifs is 1. The average molecular weight is 221 g/mol. The highest BCUT2D eigenvalue weighted by atomic mass is 16.4. The summed E-state index contributed by atoms with van der Waals surface area (Å²) in [6.45, 7) is 2.63. The first-order chi connectivity index (χ1) is 7.59. The number of aliphatic carboxylic acids is 1. The highest BCUT2D eigenvalue weighted by molar-refractivity contribution is 5.68. The fraction of sp³-hybridized carbons (Fsp3) is 0.417. The van der Waals surface area contributed by atoms with Gasteiger partial charge in [0, 0.05) is 6.04 Å². The number of phenols is 1. The third-order valence-electron chi connectivity index (χ3n) is 3.13. The first kappa shape index (κ1) is 11.0. The van der Waals surface area contributed by atoms with Crippen LogP contribution in [0.5, 0.6) is 5.75 Å². The summed E-state index contributed by atoms with van der Waals surface area (Å²) in [6.07, 6.45) is 0.920. The molecule has 3 N–H and O–H groups in total. The highest BCUT2D eigenvalue weighted by Crippen LogP contribution is 2.31. The van der Waals surface area contributed by atoms with Crippen molar-refractivity contribution in [3.8, 4) is 5.75 Å². The molecule has 0 aliphatic carbocycles. The van der Waals surface area contributed by atoms with Crippen molar-refractivity contribution in [2.75, 3.05) is 6.54 Å². The zero-order chi connectivity index (χ0) is 11.7. The van der Waals surface area contributed by atoms with Crippen molar-refractivity contribution in [3.05, 3.63) is 28.8 Å². The van der Waals surface area contributed by atoms with E-state index in [1.807, 2.05) is 13.0 Å². The Labute approximate surface area is 93.9 Å². The molecule has 0 radical (unpaired) electrons. The van der Waals surface area contributed by atoms with Crippen LogP contribution in [-0.2, 0) is 11.2 Å². The zero-order valence-corrected chi connectivity index (χ0v) is 9.16. The van der Waals surface area contributed by atoms with Crippen LogP contribution < -0.4 is 5.32 Å². The molecule has 0 bridgehead atoms. The Morgan fingerprint density at radius 1 is 1.56 bits per heavy atom. The predicted molar refractivity (Wildman–Crippen MR) is 59.5 cm³/mol. The van der Waals surface area contributed by atoms with E-state index in [1.54, 1.807) is 6.07 Å². The van der Waals surface area contributed by atoms with Gasteiger partial charge in [0.2, 0.25) is 0 Å². The summed E-state index contributed by atoms with van der Waals surface area (Å²) in [5.41, 5.74) is 2.96. The number of aromatic hydroxyl groups is 1. The van der Waals surface area contributed by atoms with E-state index in [4.69, 9.17) is 5.11 Å². The molecule has 0 amide bonds. The number of carboxylic acid groups (broad SMARTS) is 1. The van der Waals surface area contributed by atoms with Gasteiger partial charge in [-0.1, -0.05) is 6.07 Å². The van der Waals surface area contributed by atoms with E-state index in [-0.39, 0.29) is 18.2 Å². The number of hydrogen-bond donors (Lipinski definition) is 3. The van der Waals surface area contributed by atoms with Gasteiger partial charge in [-0.15, -0.1) is 0 Å². The summed E-state index contributed by atoms with van der Waals surface area (Å²) >= 11 is 0. The number of rotatable bonds is 2. The minimum absolute atomic E-state index is 0.0806. The Morgan fingerprint density at radius 2 is 2.31 bits per heavy atom. The van der Waals surface area contributed by atoms with Crippen LogP contribution in [0.4, 0.5) is 0 Å². The van der Waals surface area contributed by atoms with Crippen LogP contribution in [0, 0.1) is 6.92 Å². The topological polar surface area (TPSA) is 69.6 Å². The quantitative estimate of drug-likeness (QED) is 0.705. The van der Waals surface area contributed by atoms with E-state index in [0.29, 0.717) is 0 Å². The fourth-order valence-electron chi connectivity index (χ4n) is 2.26. The molecule has 4 heteroatoms. The van der Waals surface area contributed by atoms with E-state index in [1.165, 1.54) is 0 Å². The Balaban J connectivity index is 2.39. The molecule has 86 valence electrons. The molecule has 0 saturated carbocycles. The molecule has 1 aromatic carbocycles. The molecule has 0 fully saturated rings. The van der Waals surface area contributed by atoms with E-state index >= 15 is 0 Å². The van der Waals surface area contributed by atoms with Gasteiger partial charge in [0.25, 0.3) is 0 Å². The number of carboxylic acids is 1. The van der Waals surface area contributed by atoms with Gasteiger partial charge in [-0.25, -0.2) is 0 Å². The zero-order valence-electron chi connectivity index (χ0n) is 9.16. The van der Waals surface area contributed by atoms with Crippen LogP contribution in [0.1, 0.15) is 29.2 Å². The van der Waals surface area contributed by atoms with Gasteiger partial charge in [-0.3, -0.25) is 4.79 Å². The molecule has 1 unspecified atom stereocenters. The summed E-state index contributed by atoms with van der Waals surface area (Å²) in [7, 11) is 0. The summed E-state index contributed by atoms with van der Waals surface area (Å²) in [4.78, 5) is 10.7. The number of phenolic OH excluding ortho intramolecular Hbond substituents is 1. The standard InChI is InChI=1S/C12H15NO3/c1-7-8-4-5-13-10(6-12(15)16)9(8)2-3-11(7)14/h2-3,10,13-14H,4-6H2,1H3,(H,15,16). The Kier molecular flexibility index (Phi) is 2.83. The smallest absolute Gasteiger partial charge is 0.305 e. The largest absolute Gasteiger partial charge is 0.508 e. The molecule has 0 spiro atoms. The number of benzene rings is 1. The molecule has 1 aromatic rings. The maximum atomic E-state index is 10.7. The van der Waals surface area contributed by atoms with Crippen molar-refractivity contribution in [2.24, 2.45) is 0 Å². The predicted octanol–water partition coefficient (Wildman–Crippen LogP) is 1.36. The van der Waals surface area contributed by atoms with Crippen molar-refractivity contribution in [3.63, 3.8) is 0 Å². The minimum atomic E-state index is -0.809. The Hall–Kier alpha value is -1.55. The Morgan fingerprint density at radius 3 is 3.00 bits per heavy atom. The average Bonchev–Trinajstić information content (AvgIpc) is 2.23. The second-order valence-electron chi connectivity index (χ2n) is 4.13. The maximum absolute atomic E-state index is 10.7. The van der Waals surface area contributed by atoms with Crippen LogP contribution >= 0.6 is 0 Å². The minimum Gasteiger partial charge on any atom is -0.508 e. The van der Waals surface area contributed by atoms with E-state index in [2.05, 4.69) is 5.32 Å². The van der Waals surface area contributed by atoms with Gasteiger partial charge in [0.1, 0.15) is 5.75 Å². The maximum Gasteiger partial charge on any atom is 0.305 e. The molecule has 1 aliphatic rings. The van der Waals surface area contributed by atoms with Crippen LogP contribution in [0.2, 0.25) is 0 Å². The highest BCUT2D eigenvalue weighted by Gasteiger charge is 2.23. The van der Waals surface area contributed by atoms with E-state index < -0.39 is 5.97 Å². The summed E-state index contributed by atoms with van der Waals surface area (Å²) in [5.74, 6) is -0.522. The van der Waals surface area contributed by atoms with Gasteiger partial charge in [0.05, 0.1) is 6.42 Å². The number of carbonyl (C=O) groups is 1.